The van der Waals surface area contributed by atoms with Gasteiger partial charge < -0.3 is 16.2 Å². The number of amides is 1. The second-order valence-electron chi connectivity index (χ2n) is 4.33. The molecule has 0 aliphatic rings. The van der Waals surface area contributed by atoms with Crippen molar-refractivity contribution in [2.45, 2.75) is 13.1 Å². The molecule has 0 aliphatic carbocycles. The minimum Gasteiger partial charge on any atom is -0.507 e. The molecule has 1 amide bonds. The van der Waals surface area contributed by atoms with E-state index in [1.165, 1.54) is 18.2 Å². The van der Waals surface area contributed by atoms with Crippen LogP contribution in [-0.2, 0) is 13.1 Å². The van der Waals surface area contributed by atoms with Gasteiger partial charge in [0.25, 0.3) is 5.91 Å². The number of phenolic OH excluding ortho intramolecular Hbond substituents is 1. The Labute approximate surface area is 116 Å². The fourth-order valence-electron chi connectivity index (χ4n) is 1.80. The summed E-state index contributed by atoms with van der Waals surface area (Å²) in [6, 6.07) is 10.8. The number of hydrogen-bond acceptors (Lipinski definition) is 3. The van der Waals surface area contributed by atoms with Crippen molar-refractivity contribution >= 4 is 5.91 Å². The van der Waals surface area contributed by atoms with Crippen molar-refractivity contribution in [3.05, 3.63) is 65.0 Å². The van der Waals surface area contributed by atoms with E-state index in [9.17, 15) is 14.3 Å². The Bertz CT molecular complexity index is 629. The topological polar surface area (TPSA) is 75.3 Å². The van der Waals surface area contributed by atoms with Crippen LogP contribution in [0.4, 0.5) is 4.39 Å². The summed E-state index contributed by atoms with van der Waals surface area (Å²) in [7, 11) is 0. The van der Waals surface area contributed by atoms with Crippen molar-refractivity contribution in [3.63, 3.8) is 0 Å². The Morgan fingerprint density at radius 3 is 2.65 bits per heavy atom. The van der Waals surface area contributed by atoms with E-state index in [2.05, 4.69) is 5.32 Å². The number of rotatable bonds is 4. The van der Waals surface area contributed by atoms with Crippen molar-refractivity contribution in [2.24, 2.45) is 5.73 Å². The molecule has 0 bridgehead atoms. The number of para-hydroxylation sites is 1. The molecule has 0 atom stereocenters. The van der Waals surface area contributed by atoms with Gasteiger partial charge in [-0.1, -0.05) is 24.3 Å². The van der Waals surface area contributed by atoms with E-state index in [0.29, 0.717) is 11.1 Å². The summed E-state index contributed by atoms with van der Waals surface area (Å²) >= 11 is 0. The van der Waals surface area contributed by atoms with Crippen LogP contribution in [0.5, 0.6) is 5.75 Å². The molecule has 2 rings (SSSR count). The number of nitrogens with two attached hydrogens (primary N) is 1. The van der Waals surface area contributed by atoms with Crippen molar-refractivity contribution in [1.82, 2.24) is 5.32 Å². The van der Waals surface area contributed by atoms with Crippen LogP contribution in [0.2, 0.25) is 0 Å². The smallest absolute Gasteiger partial charge is 0.255 e. The molecule has 0 aromatic heterocycles. The van der Waals surface area contributed by atoms with E-state index in [0.717, 1.165) is 0 Å². The maximum Gasteiger partial charge on any atom is 0.255 e. The molecular formula is C15H15FN2O2. The highest BCUT2D eigenvalue weighted by Crippen LogP contribution is 2.16. The third-order valence-corrected chi connectivity index (χ3v) is 2.94. The van der Waals surface area contributed by atoms with Crippen molar-refractivity contribution in [2.75, 3.05) is 0 Å². The van der Waals surface area contributed by atoms with Gasteiger partial charge in [0.05, 0.1) is 5.56 Å². The Kier molecular flexibility index (Phi) is 4.32. The zero-order chi connectivity index (χ0) is 14.5. The number of aromatic hydroxyl groups is 1. The Balaban J connectivity index is 2.06. The van der Waals surface area contributed by atoms with E-state index in [1.54, 1.807) is 24.3 Å². The van der Waals surface area contributed by atoms with Gasteiger partial charge in [0.1, 0.15) is 11.6 Å². The molecule has 0 heterocycles. The van der Waals surface area contributed by atoms with Crippen molar-refractivity contribution in [3.8, 4) is 5.75 Å². The molecule has 0 saturated carbocycles. The largest absolute Gasteiger partial charge is 0.507 e. The molecule has 2 aromatic carbocycles. The fraction of sp³-hybridized carbons (Fsp3) is 0.133. The molecule has 4 nitrogen and oxygen atoms in total. The highest BCUT2D eigenvalue weighted by Gasteiger charge is 2.11. The van der Waals surface area contributed by atoms with Gasteiger partial charge in [-0.2, -0.15) is 0 Å². The first-order valence-corrected chi connectivity index (χ1v) is 6.15. The molecule has 5 heteroatoms. The number of carbonyl (C=O) groups is 1. The summed E-state index contributed by atoms with van der Waals surface area (Å²) in [4.78, 5) is 11.9. The number of benzene rings is 2. The molecule has 104 valence electrons. The quantitative estimate of drug-likeness (QED) is 0.797. The van der Waals surface area contributed by atoms with Crippen molar-refractivity contribution < 1.29 is 14.3 Å². The Hall–Kier alpha value is -2.40. The fourth-order valence-corrected chi connectivity index (χ4v) is 1.80. The zero-order valence-electron chi connectivity index (χ0n) is 10.8. The number of phenols is 1. The SMILES string of the molecule is NCc1ccc(CNC(=O)c2ccccc2O)c(F)c1. The molecule has 20 heavy (non-hydrogen) atoms. The van der Waals surface area contributed by atoms with Gasteiger partial charge in [-0.15, -0.1) is 0 Å². The summed E-state index contributed by atoms with van der Waals surface area (Å²) in [6.07, 6.45) is 0. The molecule has 4 N–H and O–H groups in total. The summed E-state index contributed by atoms with van der Waals surface area (Å²) in [5.74, 6) is -0.972. The minimum atomic E-state index is -0.453. The lowest BCUT2D eigenvalue weighted by atomic mass is 10.1. The highest BCUT2D eigenvalue weighted by atomic mass is 19.1. The molecule has 0 unspecified atom stereocenters. The van der Waals surface area contributed by atoms with Gasteiger partial charge in [0.15, 0.2) is 0 Å². The first-order chi connectivity index (χ1) is 9.61. The lowest BCUT2D eigenvalue weighted by Crippen LogP contribution is -2.23. The molecule has 0 radical (unpaired) electrons. The predicted octanol–water partition coefficient (Wildman–Crippen LogP) is 1.92. The Morgan fingerprint density at radius 1 is 1.25 bits per heavy atom. The van der Waals surface area contributed by atoms with E-state index >= 15 is 0 Å². The van der Waals surface area contributed by atoms with Crippen LogP contribution >= 0.6 is 0 Å². The van der Waals surface area contributed by atoms with Gasteiger partial charge in [-0.25, -0.2) is 4.39 Å². The van der Waals surface area contributed by atoms with E-state index in [4.69, 9.17) is 5.73 Å². The normalized spacial score (nSPS) is 10.3. The predicted molar refractivity (Wildman–Crippen MR) is 73.6 cm³/mol. The lowest BCUT2D eigenvalue weighted by molar-refractivity contribution is 0.0948. The monoisotopic (exact) mass is 274 g/mol. The second-order valence-corrected chi connectivity index (χ2v) is 4.33. The molecular weight excluding hydrogens is 259 g/mol. The number of carbonyl (C=O) groups excluding carboxylic acids is 1. The second kappa shape index (κ2) is 6.16. The van der Waals surface area contributed by atoms with Gasteiger partial charge in [-0.05, 0) is 23.8 Å². The number of nitrogens with one attached hydrogen (secondary N) is 1. The average Bonchev–Trinajstić information content (AvgIpc) is 2.46. The van der Waals surface area contributed by atoms with Gasteiger partial charge in [0.2, 0.25) is 0 Å². The van der Waals surface area contributed by atoms with Gasteiger partial charge >= 0.3 is 0 Å². The summed E-state index contributed by atoms with van der Waals surface area (Å²) in [6.45, 7) is 0.311. The van der Waals surface area contributed by atoms with Gasteiger partial charge in [-0.3, -0.25) is 4.79 Å². The first-order valence-electron chi connectivity index (χ1n) is 6.15. The van der Waals surface area contributed by atoms with Crippen LogP contribution in [0.25, 0.3) is 0 Å². The highest BCUT2D eigenvalue weighted by molar-refractivity contribution is 5.96. The summed E-state index contributed by atoms with van der Waals surface area (Å²) in [5, 5.41) is 12.1. The molecule has 0 saturated heterocycles. The maximum absolute atomic E-state index is 13.7. The standard InChI is InChI=1S/C15H15FN2O2/c16-13-7-10(8-17)5-6-11(13)9-18-15(20)12-3-1-2-4-14(12)19/h1-7,19H,8-9,17H2,(H,18,20). The maximum atomic E-state index is 13.7. The average molecular weight is 274 g/mol. The molecule has 2 aromatic rings. The van der Waals surface area contributed by atoms with Gasteiger partial charge in [0, 0.05) is 18.7 Å². The first kappa shape index (κ1) is 14.0. The van der Waals surface area contributed by atoms with Crippen LogP contribution in [-0.4, -0.2) is 11.0 Å². The van der Waals surface area contributed by atoms with E-state index in [-0.39, 0.29) is 24.4 Å². The third-order valence-electron chi connectivity index (χ3n) is 2.94. The van der Waals surface area contributed by atoms with Crippen LogP contribution in [0.1, 0.15) is 21.5 Å². The summed E-state index contributed by atoms with van der Waals surface area (Å²) in [5.41, 5.74) is 6.64. The molecule has 0 fully saturated rings. The zero-order valence-corrected chi connectivity index (χ0v) is 10.8. The number of halogens is 1. The molecule has 0 aliphatic heterocycles. The van der Waals surface area contributed by atoms with Crippen LogP contribution in [0.15, 0.2) is 42.5 Å². The number of hydrogen-bond donors (Lipinski definition) is 3. The Morgan fingerprint density at radius 2 is 2.00 bits per heavy atom. The summed E-state index contributed by atoms with van der Waals surface area (Å²) < 4.78 is 13.7. The third kappa shape index (κ3) is 3.13. The van der Waals surface area contributed by atoms with E-state index in [1.807, 2.05) is 0 Å². The van der Waals surface area contributed by atoms with E-state index < -0.39 is 11.7 Å². The van der Waals surface area contributed by atoms with Crippen LogP contribution in [0.3, 0.4) is 0 Å². The molecule has 0 spiro atoms. The van der Waals surface area contributed by atoms with Crippen molar-refractivity contribution in [1.29, 1.82) is 0 Å². The lowest BCUT2D eigenvalue weighted by Gasteiger charge is -2.08. The van der Waals surface area contributed by atoms with Crippen LogP contribution in [0, 0.1) is 5.82 Å². The minimum absolute atomic E-state index is 0.0455. The van der Waals surface area contributed by atoms with Crippen LogP contribution < -0.4 is 11.1 Å².